The average molecular weight is 378 g/mol. The van der Waals surface area contributed by atoms with E-state index in [9.17, 15) is 14.4 Å². The smallest absolute Gasteiger partial charge is 0.334 e. The Morgan fingerprint density at radius 2 is 2.00 bits per heavy atom. The minimum absolute atomic E-state index is 0.00808. The first-order chi connectivity index (χ1) is 12.9. The second-order valence-electron chi connectivity index (χ2n) is 7.31. The van der Waals surface area contributed by atoms with E-state index in [1.165, 1.54) is 28.4 Å². The molecule has 0 spiro atoms. The first-order valence-electron chi connectivity index (χ1n) is 9.41. The molecule has 1 aromatic heterocycles. The van der Waals surface area contributed by atoms with Crippen molar-refractivity contribution in [3.63, 3.8) is 0 Å². The summed E-state index contributed by atoms with van der Waals surface area (Å²) in [6.07, 6.45) is 7.06. The van der Waals surface area contributed by atoms with Gasteiger partial charge in [-0.1, -0.05) is 19.3 Å². The highest BCUT2D eigenvalue weighted by molar-refractivity contribution is 5.94. The van der Waals surface area contributed by atoms with Crippen LogP contribution in [-0.2, 0) is 20.9 Å². The topological polar surface area (TPSA) is 114 Å². The summed E-state index contributed by atoms with van der Waals surface area (Å²) in [4.78, 5) is 37.5. The van der Waals surface area contributed by atoms with Crippen LogP contribution in [0, 0.1) is 0 Å². The van der Waals surface area contributed by atoms with E-state index in [-0.39, 0.29) is 37.0 Å². The van der Waals surface area contributed by atoms with E-state index in [2.05, 4.69) is 10.4 Å². The predicted octanol–water partition coefficient (Wildman–Crippen LogP) is 0.646. The van der Waals surface area contributed by atoms with Gasteiger partial charge in [0.25, 0.3) is 5.91 Å². The highest BCUT2D eigenvalue weighted by Crippen LogP contribution is 2.17. The molecule has 1 unspecified atom stereocenters. The lowest BCUT2D eigenvalue weighted by molar-refractivity contribution is -0.160. The highest BCUT2D eigenvalue weighted by atomic mass is 16.5. The molecule has 2 aliphatic rings. The molecule has 2 amide bonds. The van der Waals surface area contributed by atoms with Crippen molar-refractivity contribution in [2.45, 2.75) is 63.8 Å². The number of nitrogens with zero attached hydrogens (tertiary/aromatic N) is 3. The maximum absolute atomic E-state index is 12.7. The third-order valence-corrected chi connectivity index (χ3v) is 4.98. The molecule has 0 bridgehead atoms. The van der Waals surface area contributed by atoms with E-state index in [0.29, 0.717) is 12.1 Å². The summed E-state index contributed by atoms with van der Waals surface area (Å²) in [5, 5.41) is 16.3. The highest BCUT2D eigenvalue weighted by Gasteiger charge is 2.33. The van der Waals surface area contributed by atoms with Crippen LogP contribution in [-0.4, -0.2) is 68.9 Å². The number of morpholine rings is 1. The van der Waals surface area contributed by atoms with Gasteiger partial charge in [-0.3, -0.25) is 14.3 Å². The van der Waals surface area contributed by atoms with Gasteiger partial charge in [0, 0.05) is 18.8 Å². The van der Waals surface area contributed by atoms with Crippen LogP contribution in [0.2, 0.25) is 0 Å². The third-order valence-electron chi connectivity index (χ3n) is 4.98. The molecule has 0 aromatic carbocycles. The number of hydrogen-bond donors (Lipinski definition) is 2. The molecule has 2 heterocycles. The van der Waals surface area contributed by atoms with Crippen molar-refractivity contribution in [2.75, 3.05) is 13.1 Å². The summed E-state index contributed by atoms with van der Waals surface area (Å²) in [6.45, 7) is 2.09. The summed E-state index contributed by atoms with van der Waals surface area (Å²) in [5.74, 6) is -1.51. The molecule has 2 fully saturated rings. The second kappa shape index (κ2) is 8.51. The number of ether oxygens (including phenoxy) is 1. The monoisotopic (exact) mass is 378 g/mol. The lowest BCUT2D eigenvalue weighted by Crippen LogP contribution is -2.51. The van der Waals surface area contributed by atoms with Crippen molar-refractivity contribution < 1.29 is 24.2 Å². The van der Waals surface area contributed by atoms with Crippen LogP contribution < -0.4 is 5.32 Å². The molecule has 148 valence electrons. The number of amides is 2. The van der Waals surface area contributed by atoms with Crippen molar-refractivity contribution in [3.8, 4) is 0 Å². The van der Waals surface area contributed by atoms with Gasteiger partial charge in [0.05, 0.1) is 24.4 Å². The molecular weight excluding hydrogens is 352 g/mol. The van der Waals surface area contributed by atoms with Gasteiger partial charge in [-0.05, 0) is 19.8 Å². The molecule has 0 radical (unpaired) electrons. The lowest BCUT2D eigenvalue weighted by Gasteiger charge is -2.34. The lowest BCUT2D eigenvalue weighted by atomic mass is 9.95. The molecule has 9 nitrogen and oxygen atoms in total. The van der Waals surface area contributed by atoms with Crippen molar-refractivity contribution >= 4 is 17.8 Å². The number of aromatic nitrogens is 2. The Balaban J connectivity index is 1.56. The van der Waals surface area contributed by atoms with E-state index in [4.69, 9.17) is 9.84 Å². The zero-order chi connectivity index (χ0) is 19.4. The molecule has 2 N–H and O–H groups in total. The Kier molecular flexibility index (Phi) is 6.10. The van der Waals surface area contributed by atoms with E-state index < -0.39 is 12.1 Å². The summed E-state index contributed by atoms with van der Waals surface area (Å²) in [6, 6.07) is 0.228. The predicted molar refractivity (Wildman–Crippen MR) is 95.1 cm³/mol. The summed E-state index contributed by atoms with van der Waals surface area (Å²) >= 11 is 0. The van der Waals surface area contributed by atoms with Crippen molar-refractivity contribution in [3.05, 3.63) is 18.0 Å². The molecule has 1 aromatic rings. The van der Waals surface area contributed by atoms with Gasteiger partial charge < -0.3 is 20.1 Å². The van der Waals surface area contributed by atoms with Crippen LogP contribution in [0.4, 0.5) is 0 Å². The van der Waals surface area contributed by atoms with Gasteiger partial charge in [0.1, 0.15) is 6.54 Å². The maximum atomic E-state index is 12.7. The van der Waals surface area contributed by atoms with Crippen LogP contribution in [0.3, 0.4) is 0 Å². The number of nitrogens with one attached hydrogen (secondary N) is 1. The van der Waals surface area contributed by atoms with Crippen LogP contribution in [0.25, 0.3) is 0 Å². The maximum Gasteiger partial charge on any atom is 0.334 e. The fourth-order valence-electron chi connectivity index (χ4n) is 3.66. The number of carbonyl (C=O) groups is 3. The molecular formula is C18H26N4O5. The van der Waals surface area contributed by atoms with E-state index >= 15 is 0 Å². The normalized spacial score (nSPS) is 23.8. The Bertz CT molecular complexity index is 698. The first kappa shape index (κ1) is 19.3. The van der Waals surface area contributed by atoms with Gasteiger partial charge >= 0.3 is 5.97 Å². The summed E-state index contributed by atoms with van der Waals surface area (Å²) in [7, 11) is 0. The number of aliphatic carboxylic acids is 1. The standard InChI is InChI=1S/C18H26N4O5/c1-12-8-21(10-15(27-12)18(25)26)17(24)13-7-19-22(9-13)11-16(23)20-14-5-3-2-4-6-14/h7,9,12,14-15H,2-6,8,10-11H2,1H3,(H,20,23)(H,25,26)/t12-,15?/m1/s1. The molecule has 1 aliphatic carbocycles. The largest absolute Gasteiger partial charge is 0.479 e. The molecule has 1 saturated carbocycles. The zero-order valence-electron chi connectivity index (χ0n) is 15.5. The van der Waals surface area contributed by atoms with Crippen molar-refractivity contribution in [1.29, 1.82) is 0 Å². The number of rotatable bonds is 5. The summed E-state index contributed by atoms with van der Waals surface area (Å²) < 4.78 is 6.76. The van der Waals surface area contributed by atoms with E-state index in [1.54, 1.807) is 6.92 Å². The van der Waals surface area contributed by atoms with Gasteiger partial charge in [-0.15, -0.1) is 0 Å². The van der Waals surface area contributed by atoms with Gasteiger partial charge in [-0.2, -0.15) is 5.10 Å². The molecule has 27 heavy (non-hydrogen) atoms. The minimum atomic E-state index is -1.09. The van der Waals surface area contributed by atoms with Crippen molar-refractivity contribution in [2.24, 2.45) is 0 Å². The van der Waals surface area contributed by atoms with Crippen LogP contribution in [0.5, 0.6) is 0 Å². The second-order valence-corrected chi connectivity index (χ2v) is 7.31. The number of carboxylic acid groups (broad SMARTS) is 1. The van der Waals surface area contributed by atoms with Crippen molar-refractivity contribution in [1.82, 2.24) is 20.0 Å². The summed E-state index contributed by atoms with van der Waals surface area (Å²) in [5.41, 5.74) is 0.332. The first-order valence-corrected chi connectivity index (χ1v) is 9.41. The quantitative estimate of drug-likeness (QED) is 0.778. The molecule has 1 aliphatic heterocycles. The Morgan fingerprint density at radius 1 is 1.26 bits per heavy atom. The Labute approximate surface area is 157 Å². The van der Waals surface area contributed by atoms with Crippen LogP contribution in [0.15, 0.2) is 12.4 Å². The minimum Gasteiger partial charge on any atom is -0.479 e. The number of carboxylic acids is 1. The van der Waals surface area contributed by atoms with Gasteiger partial charge in [0.15, 0.2) is 6.10 Å². The Hall–Kier alpha value is -2.42. The number of hydrogen-bond acceptors (Lipinski definition) is 5. The molecule has 9 heteroatoms. The van der Waals surface area contributed by atoms with Crippen LogP contribution in [0.1, 0.15) is 49.4 Å². The Morgan fingerprint density at radius 3 is 2.70 bits per heavy atom. The van der Waals surface area contributed by atoms with Gasteiger partial charge in [-0.25, -0.2) is 4.79 Å². The molecule has 1 saturated heterocycles. The fraction of sp³-hybridized carbons (Fsp3) is 0.667. The van der Waals surface area contributed by atoms with Gasteiger partial charge in [0.2, 0.25) is 5.91 Å². The fourth-order valence-corrected chi connectivity index (χ4v) is 3.66. The molecule has 3 rings (SSSR count). The third kappa shape index (κ3) is 5.06. The average Bonchev–Trinajstić information content (AvgIpc) is 3.09. The van der Waals surface area contributed by atoms with E-state index in [0.717, 1.165) is 25.7 Å². The zero-order valence-corrected chi connectivity index (χ0v) is 15.5. The molecule has 2 atom stereocenters. The van der Waals surface area contributed by atoms with E-state index in [1.807, 2.05) is 0 Å². The SMILES string of the molecule is C[C@@H]1CN(C(=O)c2cnn(CC(=O)NC3CCCCC3)c2)CC(C(=O)O)O1. The van der Waals surface area contributed by atoms with Crippen LogP contribution >= 0.6 is 0 Å². The number of carbonyl (C=O) groups excluding carboxylic acids is 2.